The van der Waals surface area contributed by atoms with Crippen LogP contribution in [0.15, 0.2) is 58.4 Å². The number of halogens is 1. The molecule has 1 N–H and O–H groups in total. The van der Waals surface area contributed by atoms with Crippen LogP contribution in [0.3, 0.4) is 0 Å². The molecular weight excluding hydrogens is 489 g/mol. The van der Waals surface area contributed by atoms with Gasteiger partial charge in [0.25, 0.3) is 0 Å². The number of fused-ring (bicyclic) bond motifs is 1. The van der Waals surface area contributed by atoms with E-state index in [1.54, 1.807) is 24.3 Å². The number of guanidine groups is 1. The first-order valence-electron chi connectivity index (χ1n) is 9.05. The minimum Gasteiger partial charge on any atom is -0.492 e. The Hall–Kier alpha value is -1.81. The van der Waals surface area contributed by atoms with Crippen molar-refractivity contribution in [2.75, 3.05) is 37.4 Å². The minimum atomic E-state index is -3.19. The van der Waals surface area contributed by atoms with E-state index in [4.69, 9.17) is 4.74 Å². The van der Waals surface area contributed by atoms with Crippen molar-refractivity contribution in [2.45, 2.75) is 18.2 Å². The zero-order valence-corrected chi connectivity index (χ0v) is 19.2. The summed E-state index contributed by atoms with van der Waals surface area (Å²) < 4.78 is 28.7. The lowest BCUT2D eigenvalue weighted by atomic mass is 10.2. The van der Waals surface area contributed by atoms with Crippen LogP contribution in [0.5, 0.6) is 5.75 Å². The Morgan fingerprint density at radius 3 is 2.57 bits per heavy atom. The van der Waals surface area contributed by atoms with Gasteiger partial charge in [-0.1, -0.05) is 18.2 Å². The highest BCUT2D eigenvalue weighted by Crippen LogP contribution is 2.27. The number of nitrogens with zero attached hydrogens (tertiary/aromatic N) is 2. The van der Waals surface area contributed by atoms with E-state index in [2.05, 4.69) is 40.3 Å². The van der Waals surface area contributed by atoms with Gasteiger partial charge in [0.05, 0.1) is 11.4 Å². The van der Waals surface area contributed by atoms with Crippen LogP contribution in [-0.2, 0) is 16.3 Å². The third kappa shape index (κ3) is 5.60. The third-order valence-corrected chi connectivity index (χ3v) is 5.48. The SMILES string of the molecule is CCNC(=NCCOc1ccc(S(C)(=O)=O)cc1)N1CCc2ccccc21.I. The second-order valence-electron chi connectivity index (χ2n) is 6.36. The Labute approximate surface area is 183 Å². The second-order valence-corrected chi connectivity index (χ2v) is 8.37. The quantitative estimate of drug-likeness (QED) is 0.277. The summed E-state index contributed by atoms with van der Waals surface area (Å²) in [5.41, 5.74) is 2.54. The summed E-state index contributed by atoms with van der Waals surface area (Å²) in [6.45, 7) is 4.69. The Bertz CT molecular complexity index is 915. The van der Waals surface area contributed by atoms with Gasteiger partial charge in [0, 0.05) is 25.0 Å². The van der Waals surface area contributed by atoms with Crippen LogP contribution in [0.4, 0.5) is 5.69 Å². The van der Waals surface area contributed by atoms with Gasteiger partial charge in [0.1, 0.15) is 12.4 Å². The van der Waals surface area contributed by atoms with Gasteiger partial charge in [0.2, 0.25) is 0 Å². The molecule has 0 atom stereocenters. The standard InChI is InChI=1S/C20H25N3O3S.HI/c1-3-21-20(23-14-12-16-6-4-5-7-19(16)23)22-13-15-26-17-8-10-18(11-9-17)27(2,24)25;/h4-11H,3,12-15H2,1-2H3,(H,21,22);1H. The Morgan fingerprint density at radius 2 is 1.89 bits per heavy atom. The number of rotatable bonds is 6. The van der Waals surface area contributed by atoms with E-state index >= 15 is 0 Å². The molecule has 28 heavy (non-hydrogen) atoms. The fraction of sp³-hybridized carbons (Fsp3) is 0.350. The summed E-state index contributed by atoms with van der Waals surface area (Å²) in [6.07, 6.45) is 2.21. The van der Waals surface area contributed by atoms with Crippen molar-refractivity contribution in [3.8, 4) is 5.75 Å². The first-order valence-corrected chi connectivity index (χ1v) is 10.9. The highest BCUT2D eigenvalue weighted by Gasteiger charge is 2.22. The largest absolute Gasteiger partial charge is 0.492 e. The number of anilines is 1. The fourth-order valence-corrected chi connectivity index (χ4v) is 3.68. The average molecular weight is 515 g/mol. The minimum absolute atomic E-state index is 0. The summed E-state index contributed by atoms with van der Waals surface area (Å²) in [7, 11) is -3.19. The van der Waals surface area contributed by atoms with Crippen LogP contribution < -0.4 is 15.0 Å². The van der Waals surface area contributed by atoms with Crippen molar-refractivity contribution in [2.24, 2.45) is 4.99 Å². The summed E-state index contributed by atoms with van der Waals surface area (Å²) in [5.74, 6) is 1.49. The molecule has 0 fully saturated rings. The number of ether oxygens (including phenoxy) is 1. The van der Waals surface area contributed by atoms with Crippen molar-refractivity contribution >= 4 is 45.5 Å². The molecule has 0 aromatic heterocycles. The number of hydrogen-bond acceptors (Lipinski definition) is 4. The molecule has 8 heteroatoms. The molecular formula is C20H26IN3O3S. The van der Waals surface area contributed by atoms with Crippen molar-refractivity contribution in [3.63, 3.8) is 0 Å². The van der Waals surface area contributed by atoms with Crippen molar-refractivity contribution < 1.29 is 13.2 Å². The molecule has 0 bridgehead atoms. The number of sulfone groups is 1. The molecule has 6 nitrogen and oxygen atoms in total. The third-order valence-electron chi connectivity index (χ3n) is 4.35. The first kappa shape index (κ1) is 22.5. The molecule has 3 rings (SSSR count). The van der Waals surface area contributed by atoms with E-state index in [1.165, 1.54) is 17.5 Å². The van der Waals surface area contributed by atoms with E-state index in [9.17, 15) is 8.42 Å². The lowest BCUT2D eigenvalue weighted by molar-refractivity contribution is 0.328. The number of para-hydroxylation sites is 1. The number of benzene rings is 2. The molecule has 0 spiro atoms. The molecule has 1 heterocycles. The van der Waals surface area contributed by atoms with Crippen LogP contribution >= 0.6 is 24.0 Å². The molecule has 2 aromatic rings. The number of nitrogens with one attached hydrogen (secondary N) is 1. The number of aliphatic imine (C=N–C) groups is 1. The van der Waals surface area contributed by atoms with Crippen molar-refractivity contribution in [1.29, 1.82) is 0 Å². The summed E-state index contributed by atoms with van der Waals surface area (Å²) >= 11 is 0. The van der Waals surface area contributed by atoms with Crippen molar-refractivity contribution in [3.05, 3.63) is 54.1 Å². The van der Waals surface area contributed by atoms with E-state index in [0.717, 1.165) is 25.5 Å². The topological polar surface area (TPSA) is 71.0 Å². The predicted octanol–water partition coefficient (Wildman–Crippen LogP) is 3.12. The smallest absolute Gasteiger partial charge is 0.198 e. The zero-order chi connectivity index (χ0) is 19.3. The monoisotopic (exact) mass is 515 g/mol. The first-order chi connectivity index (χ1) is 13.0. The van der Waals surface area contributed by atoms with Gasteiger partial charge in [0.15, 0.2) is 15.8 Å². The normalized spacial score (nSPS) is 13.6. The molecule has 0 saturated heterocycles. The van der Waals surface area contributed by atoms with Crippen LogP contribution in [0.1, 0.15) is 12.5 Å². The molecule has 1 aliphatic heterocycles. The second kappa shape index (κ2) is 10.1. The molecule has 0 saturated carbocycles. The van der Waals surface area contributed by atoms with Gasteiger partial charge in [-0.3, -0.25) is 0 Å². The molecule has 0 radical (unpaired) electrons. The van der Waals surface area contributed by atoms with Gasteiger partial charge >= 0.3 is 0 Å². The lowest BCUT2D eigenvalue weighted by Crippen LogP contribution is -2.40. The molecule has 2 aromatic carbocycles. The number of hydrogen-bond donors (Lipinski definition) is 1. The van der Waals surface area contributed by atoms with Crippen LogP contribution in [0.25, 0.3) is 0 Å². The van der Waals surface area contributed by atoms with Crippen LogP contribution in [-0.4, -0.2) is 46.9 Å². The van der Waals surface area contributed by atoms with Gasteiger partial charge in [-0.05, 0) is 49.2 Å². The van der Waals surface area contributed by atoms with E-state index < -0.39 is 9.84 Å². The average Bonchev–Trinajstić information content (AvgIpc) is 3.08. The van der Waals surface area contributed by atoms with E-state index in [-0.39, 0.29) is 28.9 Å². The van der Waals surface area contributed by atoms with E-state index in [1.807, 2.05) is 6.07 Å². The molecule has 0 unspecified atom stereocenters. The Balaban J connectivity index is 0.00000280. The highest BCUT2D eigenvalue weighted by atomic mass is 127. The Morgan fingerprint density at radius 1 is 1.18 bits per heavy atom. The van der Waals surface area contributed by atoms with Crippen LogP contribution in [0, 0.1) is 0 Å². The maximum Gasteiger partial charge on any atom is 0.198 e. The summed E-state index contributed by atoms with van der Waals surface area (Å²) in [6, 6.07) is 14.8. The molecule has 152 valence electrons. The molecule has 0 aliphatic carbocycles. The highest BCUT2D eigenvalue weighted by molar-refractivity contribution is 14.0. The van der Waals surface area contributed by atoms with Crippen molar-refractivity contribution in [1.82, 2.24) is 5.32 Å². The predicted molar refractivity (Wildman–Crippen MR) is 124 cm³/mol. The van der Waals surface area contributed by atoms with Gasteiger partial charge in [-0.25, -0.2) is 13.4 Å². The van der Waals surface area contributed by atoms with Crippen LogP contribution in [0.2, 0.25) is 0 Å². The van der Waals surface area contributed by atoms with Gasteiger partial charge in [-0.2, -0.15) is 0 Å². The maximum absolute atomic E-state index is 11.5. The van der Waals surface area contributed by atoms with Gasteiger partial charge < -0.3 is 15.0 Å². The summed E-state index contributed by atoms with van der Waals surface area (Å²) in [5, 5.41) is 3.34. The molecule has 1 aliphatic rings. The van der Waals surface area contributed by atoms with E-state index in [0.29, 0.717) is 18.9 Å². The Kier molecular flexibility index (Phi) is 8.11. The summed E-state index contributed by atoms with van der Waals surface area (Å²) in [4.78, 5) is 7.17. The zero-order valence-electron chi connectivity index (χ0n) is 16.1. The maximum atomic E-state index is 11.5. The van der Waals surface area contributed by atoms with Gasteiger partial charge in [-0.15, -0.1) is 24.0 Å². The fourth-order valence-electron chi connectivity index (χ4n) is 3.05. The molecule has 0 amide bonds. The lowest BCUT2D eigenvalue weighted by Gasteiger charge is -2.22.